The minimum atomic E-state index is -0.224. The first-order chi connectivity index (χ1) is 5.70. The molecule has 0 spiro atoms. The molecule has 1 saturated heterocycles. The molecule has 3 heteroatoms. The van der Waals surface area contributed by atoms with Gasteiger partial charge in [-0.1, -0.05) is 0 Å². The molecule has 1 fully saturated rings. The lowest BCUT2D eigenvalue weighted by Gasteiger charge is -2.31. The first kappa shape index (κ1) is 9.96. The van der Waals surface area contributed by atoms with E-state index in [1.54, 1.807) is 0 Å². The summed E-state index contributed by atoms with van der Waals surface area (Å²) in [6.07, 6.45) is 1.98. The molecule has 1 aliphatic rings. The highest BCUT2D eigenvalue weighted by Gasteiger charge is 2.18. The summed E-state index contributed by atoms with van der Waals surface area (Å²) in [7, 11) is 2.07. The van der Waals surface area contributed by atoms with E-state index in [4.69, 9.17) is 4.74 Å². The van der Waals surface area contributed by atoms with Gasteiger partial charge >= 0.3 is 0 Å². The number of likely N-dealkylation sites (N-methyl/N-ethyl adjacent to an activating group) is 1. The van der Waals surface area contributed by atoms with Crippen LogP contribution in [0.25, 0.3) is 0 Å². The largest absolute Gasteiger partial charge is 0.392 e. The molecule has 1 N–H and O–H groups in total. The number of hydrogen-bond acceptors (Lipinski definition) is 3. The lowest BCUT2D eigenvalue weighted by Crippen LogP contribution is -2.40. The minimum Gasteiger partial charge on any atom is -0.392 e. The fraction of sp³-hybridized carbons (Fsp3) is 1.00. The van der Waals surface area contributed by atoms with Crippen LogP contribution in [-0.4, -0.2) is 49.0 Å². The van der Waals surface area contributed by atoms with Crippen LogP contribution in [0.5, 0.6) is 0 Å². The van der Waals surface area contributed by atoms with Crippen LogP contribution in [-0.2, 0) is 4.74 Å². The van der Waals surface area contributed by atoms with E-state index in [1.807, 2.05) is 6.92 Å². The molecule has 72 valence electrons. The maximum atomic E-state index is 9.18. The Bertz CT molecular complexity index is 122. The second-order valence-electron chi connectivity index (χ2n) is 3.63. The Balaban J connectivity index is 2.24. The summed E-state index contributed by atoms with van der Waals surface area (Å²) < 4.78 is 5.27. The molecular weight excluding hydrogens is 154 g/mol. The van der Waals surface area contributed by atoms with E-state index in [9.17, 15) is 5.11 Å². The van der Waals surface area contributed by atoms with E-state index in [0.29, 0.717) is 6.04 Å². The standard InChI is InChI=1S/C9H19NO2/c1-8(11)7-10(2)9-3-5-12-6-4-9/h8-9,11H,3-7H2,1-2H3/t8-/m0/s1. The molecule has 0 radical (unpaired) electrons. The van der Waals surface area contributed by atoms with Gasteiger partial charge in [0.25, 0.3) is 0 Å². The molecule has 1 atom stereocenters. The van der Waals surface area contributed by atoms with E-state index in [0.717, 1.165) is 32.6 Å². The van der Waals surface area contributed by atoms with Crippen molar-refractivity contribution in [1.82, 2.24) is 4.90 Å². The molecule has 0 saturated carbocycles. The Labute approximate surface area is 74.3 Å². The van der Waals surface area contributed by atoms with Crippen LogP contribution in [0.15, 0.2) is 0 Å². The second-order valence-corrected chi connectivity index (χ2v) is 3.63. The third kappa shape index (κ3) is 3.09. The van der Waals surface area contributed by atoms with Crippen molar-refractivity contribution in [3.63, 3.8) is 0 Å². The monoisotopic (exact) mass is 173 g/mol. The van der Waals surface area contributed by atoms with Gasteiger partial charge in [0.05, 0.1) is 6.10 Å². The smallest absolute Gasteiger partial charge is 0.0639 e. The number of rotatable bonds is 3. The quantitative estimate of drug-likeness (QED) is 0.673. The Kier molecular flexibility index (Phi) is 3.98. The van der Waals surface area contributed by atoms with Crippen LogP contribution in [0.1, 0.15) is 19.8 Å². The summed E-state index contributed by atoms with van der Waals surface area (Å²) in [6.45, 7) is 4.34. The maximum absolute atomic E-state index is 9.18. The zero-order valence-electron chi connectivity index (χ0n) is 7.99. The van der Waals surface area contributed by atoms with Gasteiger partial charge in [0.2, 0.25) is 0 Å². The molecule has 0 aromatic carbocycles. The maximum Gasteiger partial charge on any atom is 0.0639 e. The van der Waals surface area contributed by atoms with Crippen LogP contribution in [0.4, 0.5) is 0 Å². The molecule has 3 nitrogen and oxygen atoms in total. The van der Waals surface area contributed by atoms with Gasteiger partial charge in [-0.05, 0) is 26.8 Å². The Morgan fingerprint density at radius 3 is 2.58 bits per heavy atom. The Morgan fingerprint density at radius 2 is 2.08 bits per heavy atom. The van der Waals surface area contributed by atoms with Crippen molar-refractivity contribution in [2.24, 2.45) is 0 Å². The number of ether oxygens (including phenoxy) is 1. The summed E-state index contributed by atoms with van der Waals surface area (Å²) in [4.78, 5) is 2.23. The molecule has 12 heavy (non-hydrogen) atoms. The fourth-order valence-corrected chi connectivity index (χ4v) is 1.69. The van der Waals surface area contributed by atoms with Gasteiger partial charge in [0, 0.05) is 25.8 Å². The van der Waals surface area contributed by atoms with Crippen molar-refractivity contribution in [2.45, 2.75) is 31.9 Å². The third-order valence-corrected chi connectivity index (χ3v) is 2.37. The highest BCUT2D eigenvalue weighted by atomic mass is 16.5. The van der Waals surface area contributed by atoms with E-state index < -0.39 is 0 Å². The van der Waals surface area contributed by atoms with Crippen molar-refractivity contribution >= 4 is 0 Å². The van der Waals surface area contributed by atoms with Crippen LogP contribution < -0.4 is 0 Å². The van der Waals surface area contributed by atoms with E-state index in [-0.39, 0.29) is 6.10 Å². The first-order valence-corrected chi connectivity index (χ1v) is 4.66. The van der Waals surface area contributed by atoms with Crippen molar-refractivity contribution in [3.05, 3.63) is 0 Å². The number of nitrogens with zero attached hydrogens (tertiary/aromatic N) is 1. The van der Waals surface area contributed by atoms with Crippen molar-refractivity contribution in [3.8, 4) is 0 Å². The molecule has 1 heterocycles. The molecule has 0 aromatic heterocycles. The summed E-state index contributed by atoms with van der Waals surface area (Å²) >= 11 is 0. The van der Waals surface area contributed by atoms with Gasteiger partial charge in [-0.3, -0.25) is 0 Å². The predicted octanol–water partition coefficient (Wildman–Crippen LogP) is 0.478. The van der Waals surface area contributed by atoms with Crippen LogP contribution in [0.3, 0.4) is 0 Å². The number of hydrogen-bond donors (Lipinski definition) is 1. The Morgan fingerprint density at radius 1 is 1.50 bits per heavy atom. The van der Waals surface area contributed by atoms with Gasteiger partial charge in [-0.2, -0.15) is 0 Å². The van der Waals surface area contributed by atoms with Gasteiger partial charge in [-0.25, -0.2) is 0 Å². The van der Waals surface area contributed by atoms with Crippen LogP contribution in [0, 0.1) is 0 Å². The second kappa shape index (κ2) is 4.80. The summed E-state index contributed by atoms with van der Waals surface area (Å²) in [5.41, 5.74) is 0. The van der Waals surface area contributed by atoms with Crippen LogP contribution in [0.2, 0.25) is 0 Å². The molecular formula is C9H19NO2. The van der Waals surface area contributed by atoms with E-state index >= 15 is 0 Å². The van der Waals surface area contributed by atoms with Gasteiger partial charge in [-0.15, -0.1) is 0 Å². The van der Waals surface area contributed by atoms with Crippen LogP contribution >= 0.6 is 0 Å². The normalized spacial score (nSPS) is 23.0. The molecule has 0 aliphatic carbocycles. The van der Waals surface area contributed by atoms with Gasteiger partial charge in [0.1, 0.15) is 0 Å². The van der Waals surface area contributed by atoms with Crippen molar-refractivity contribution < 1.29 is 9.84 Å². The highest BCUT2D eigenvalue weighted by molar-refractivity contribution is 4.72. The fourth-order valence-electron chi connectivity index (χ4n) is 1.69. The highest BCUT2D eigenvalue weighted by Crippen LogP contribution is 2.12. The van der Waals surface area contributed by atoms with Crippen molar-refractivity contribution in [1.29, 1.82) is 0 Å². The zero-order valence-corrected chi connectivity index (χ0v) is 7.99. The molecule has 1 rings (SSSR count). The summed E-state index contributed by atoms with van der Waals surface area (Å²) in [5, 5.41) is 9.18. The molecule has 0 unspecified atom stereocenters. The average Bonchev–Trinajstić information content (AvgIpc) is 2.05. The summed E-state index contributed by atoms with van der Waals surface area (Å²) in [6, 6.07) is 0.605. The van der Waals surface area contributed by atoms with Gasteiger partial charge < -0.3 is 14.7 Å². The predicted molar refractivity (Wildman–Crippen MR) is 48.2 cm³/mol. The first-order valence-electron chi connectivity index (χ1n) is 4.66. The minimum absolute atomic E-state index is 0.224. The molecule has 0 bridgehead atoms. The molecule has 1 aliphatic heterocycles. The van der Waals surface area contributed by atoms with Crippen molar-refractivity contribution in [2.75, 3.05) is 26.8 Å². The lowest BCUT2D eigenvalue weighted by atomic mass is 10.1. The van der Waals surface area contributed by atoms with Gasteiger partial charge in [0.15, 0.2) is 0 Å². The topological polar surface area (TPSA) is 32.7 Å². The molecule has 0 amide bonds. The zero-order chi connectivity index (χ0) is 8.97. The van der Waals surface area contributed by atoms with E-state index in [1.165, 1.54) is 0 Å². The lowest BCUT2D eigenvalue weighted by molar-refractivity contribution is 0.0284. The summed E-state index contributed by atoms with van der Waals surface area (Å²) in [5.74, 6) is 0. The average molecular weight is 173 g/mol. The van der Waals surface area contributed by atoms with E-state index in [2.05, 4.69) is 11.9 Å². The molecule has 0 aromatic rings. The third-order valence-electron chi connectivity index (χ3n) is 2.37. The Hall–Kier alpha value is -0.120. The number of aliphatic hydroxyl groups is 1. The number of aliphatic hydroxyl groups excluding tert-OH is 1. The SMILES string of the molecule is C[C@H](O)CN(C)C1CCOCC1.